The molecule has 27 heavy (non-hydrogen) atoms. The molecule has 0 aliphatic carbocycles. The smallest absolute Gasteiger partial charge is 0.258 e. The minimum atomic E-state index is -0.308. The van der Waals surface area contributed by atoms with E-state index in [9.17, 15) is 4.79 Å². The number of methoxy groups -OCH3 is 1. The standard InChI is InChI=1S/C18H23N5O4/c1-23-18(20-16(22-23)11-3-5-19-6-4-11)21-17(24)12-9-13(25-2)15-14(10-12)26-7-8-27-15/h9-11,19H,3-8H2,1-2H3,(H,20,21,22,24). The number of carbonyl (C=O) groups excluding carboxylic acids is 1. The van der Waals surface area contributed by atoms with Gasteiger partial charge in [-0.1, -0.05) is 0 Å². The first-order valence-electron chi connectivity index (χ1n) is 9.06. The molecule has 0 radical (unpaired) electrons. The molecule has 2 aromatic rings. The first-order valence-corrected chi connectivity index (χ1v) is 9.06. The van der Waals surface area contributed by atoms with Gasteiger partial charge in [0.15, 0.2) is 17.3 Å². The van der Waals surface area contributed by atoms with E-state index in [4.69, 9.17) is 14.2 Å². The highest BCUT2D eigenvalue weighted by Crippen LogP contribution is 2.40. The van der Waals surface area contributed by atoms with Crippen LogP contribution in [0.4, 0.5) is 5.95 Å². The molecule has 1 amide bonds. The highest BCUT2D eigenvalue weighted by atomic mass is 16.6. The van der Waals surface area contributed by atoms with Crippen LogP contribution in [0.3, 0.4) is 0 Å². The normalized spacial score (nSPS) is 16.8. The predicted octanol–water partition coefficient (Wildman–Crippen LogP) is 1.31. The molecular weight excluding hydrogens is 350 g/mol. The second-order valence-electron chi connectivity index (χ2n) is 6.60. The van der Waals surface area contributed by atoms with E-state index in [0.717, 1.165) is 31.8 Å². The van der Waals surface area contributed by atoms with Crippen LogP contribution in [0, 0.1) is 0 Å². The van der Waals surface area contributed by atoms with Crippen molar-refractivity contribution < 1.29 is 19.0 Å². The lowest BCUT2D eigenvalue weighted by Gasteiger charge is -2.21. The third kappa shape index (κ3) is 3.55. The highest BCUT2D eigenvalue weighted by Gasteiger charge is 2.24. The van der Waals surface area contributed by atoms with Crippen molar-refractivity contribution in [3.8, 4) is 17.2 Å². The van der Waals surface area contributed by atoms with Gasteiger partial charge in [0, 0.05) is 18.5 Å². The van der Waals surface area contributed by atoms with Crippen molar-refractivity contribution >= 4 is 11.9 Å². The maximum atomic E-state index is 12.8. The van der Waals surface area contributed by atoms with Crippen LogP contribution in [-0.2, 0) is 7.05 Å². The summed E-state index contributed by atoms with van der Waals surface area (Å²) in [5.74, 6) is 2.68. The topological polar surface area (TPSA) is 99.5 Å². The van der Waals surface area contributed by atoms with Crippen molar-refractivity contribution in [1.82, 2.24) is 20.1 Å². The van der Waals surface area contributed by atoms with Gasteiger partial charge in [0.2, 0.25) is 11.7 Å². The number of anilines is 1. The maximum absolute atomic E-state index is 12.8. The SMILES string of the molecule is COc1cc(C(=O)Nc2nc(C3CCNCC3)nn2C)cc2c1OCCO2. The summed E-state index contributed by atoms with van der Waals surface area (Å²) in [6, 6.07) is 3.28. The van der Waals surface area contributed by atoms with E-state index >= 15 is 0 Å². The Kier molecular flexibility index (Phi) is 4.85. The summed E-state index contributed by atoms with van der Waals surface area (Å²) in [6.45, 7) is 2.81. The lowest BCUT2D eigenvalue weighted by Crippen LogP contribution is -2.27. The summed E-state index contributed by atoms with van der Waals surface area (Å²) >= 11 is 0. The summed E-state index contributed by atoms with van der Waals surface area (Å²) in [7, 11) is 3.31. The van der Waals surface area contributed by atoms with Crippen LogP contribution in [0.1, 0.15) is 34.9 Å². The number of nitrogens with one attached hydrogen (secondary N) is 2. The average Bonchev–Trinajstić information content (AvgIpc) is 3.08. The van der Waals surface area contributed by atoms with Crippen LogP contribution < -0.4 is 24.8 Å². The fourth-order valence-corrected chi connectivity index (χ4v) is 3.34. The third-order valence-corrected chi connectivity index (χ3v) is 4.80. The van der Waals surface area contributed by atoms with Gasteiger partial charge in [0.1, 0.15) is 13.2 Å². The fourth-order valence-electron chi connectivity index (χ4n) is 3.34. The van der Waals surface area contributed by atoms with Gasteiger partial charge in [-0.05, 0) is 38.1 Å². The zero-order chi connectivity index (χ0) is 18.8. The van der Waals surface area contributed by atoms with Crippen molar-refractivity contribution in [3.63, 3.8) is 0 Å². The molecule has 1 aromatic heterocycles. The third-order valence-electron chi connectivity index (χ3n) is 4.80. The van der Waals surface area contributed by atoms with Crippen LogP contribution in [0.2, 0.25) is 0 Å². The lowest BCUT2D eigenvalue weighted by atomic mass is 9.98. The van der Waals surface area contributed by atoms with Gasteiger partial charge in [0.05, 0.1) is 7.11 Å². The molecule has 0 spiro atoms. The van der Waals surface area contributed by atoms with E-state index in [2.05, 4.69) is 20.7 Å². The van der Waals surface area contributed by atoms with E-state index in [1.54, 1.807) is 23.9 Å². The molecule has 144 valence electrons. The van der Waals surface area contributed by atoms with E-state index < -0.39 is 0 Å². The number of rotatable bonds is 4. The summed E-state index contributed by atoms with van der Waals surface area (Å²) < 4.78 is 18.1. The number of amides is 1. The fraction of sp³-hybridized carbons (Fsp3) is 0.500. The first kappa shape index (κ1) is 17.6. The lowest BCUT2D eigenvalue weighted by molar-refractivity contribution is 0.102. The number of nitrogens with zero attached hydrogens (tertiary/aromatic N) is 3. The number of hydrogen-bond donors (Lipinski definition) is 2. The molecule has 9 heteroatoms. The Morgan fingerprint density at radius 1 is 1.30 bits per heavy atom. The largest absolute Gasteiger partial charge is 0.493 e. The average molecular weight is 373 g/mol. The monoisotopic (exact) mass is 373 g/mol. The summed E-state index contributed by atoms with van der Waals surface area (Å²) in [5, 5.41) is 10.6. The Hall–Kier alpha value is -2.81. The van der Waals surface area contributed by atoms with Crippen molar-refractivity contribution in [2.45, 2.75) is 18.8 Å². The van der Waals surface area contributed by atoms with Crippen molar-refractivity contribution in [3.05, 3.63) is 23.5 Å². The molecule has 9 nitrogen and oxygen atoms in total. The van der Waals surface area contributed by atoms with Gasteiger partial charge in [0.25, 0.3) is 5.91 Å². The van der Waals surface area contributed by atoms with E-state index in [-0.39, 0.29) is 5.91 Å². The number of fused-ring (bicyclic) bond motifs is 1. The molecule has 2 N–H and O–H groups in total. The molecule has 0 bridgehead atoms. The highest BCUT2D eigenvalue weighted by molar-refractivity contribution is 6.04. The second kappa shape index (κ2) is 7.43. The van der Waals surface area contributed by atoms with Gasteiger partial charge < -0.3 is 19.5 Å². The number of carbonyl (C=O) groups is 1. The molecule has 4 rings (SSSR count). The summed E-state index contributed by atoms with van der Waals surface area (Å²) in [6.07, 6.45) is 1.99. The quantitative estimate of drug-likeness (QED) is 0.834. The van der Waals surface area contributed by atoms with E-state index in [0.29, 0.717) is 47.9 Å². The number of benzene rings is 1. The second-order valence-corrected chi connectivity index (χ2v) is 6.60. The molecule has 2 aliphatic heterocycles. The molecular formula is C18H23N5O4. The Morgan fingerprint density at radius 2 is 2.07 bits per heavy atom. The number of piperidine rings is 1. The van der Waals surface area contributed by atoms with Crippen molar-refractivity contribution in [2.24, 2.45) is 7.05 Å². The summed E-state index contributed by atoms with van der Waals surface area (Å²) in [5.41, 5.74) is 0.405. The van der Waals surface area contributed by atoms with Crippen molar-refractivity contribution in [2.75, 3.05) is 38.7 Å². The molecule has 1 fully saturated rings. The first-order chi connectivity index (χ1) is 13.2. The Labute approximate surface area is 157 Å². The molecule has 1 saturated heterocycles. The molecule has 1 aromatic carbocycles. The van der Waals surface area contributed by atoms with Crippen molar-refractivity contribution in [1.29, 1.82) is 0 Å². The summed E-state index contributed by atoms with van der Waals surface area (Å²) in [4.78, 5) is 17.3. The zero-order valence-electron chi connectivity index (χ0n) is 15.4. The van der Waals surface area contributed by atoms with Gasteiger partial charge in [-0.3, -0.25) is 10.1 Å². The van der Waals surface area contributed by atoms with Gasteiger partial charge in [-0.25, -0.2) is 4.68 Å². The zero-order valence-corrected chi connectivity index (χ0v) is 15.4. The predicted molar refractivity (Wildman–Crippen MR) is 97.8 cm³/mol. The molecule has 0 unspecified atom stereocenters. The van der Waals surface area contributed by atoms with Crippen LogP contribution in [-0.4, -0.2) is 54.1 Å². The molecule has 3 heterocycles. The number of ether oxygens (including phenoxy) is 3. The Balaban J connectivity index is 1.55. The molecule has 2 aliphatic rings. The maximum Gasteiger partial charge on any atom is 0.258 e. The minimum absolute atomic E-state index is 0.308. The van der Waals surface area contributed by atoms with Gasteiger partial charge in [-0.2, -0.15) is 10.1 Å². The molecule has 0 atom stereocenters. The number of hydrogen-bond acceptors (Lipinski definition) is 7. The Morgan fingerprint density at radius 3 is 2.85 bits per heavy atom. The van der Waals surface area contributed by atoms with Crippen LogP contribution >= 0.6 is 0 Å². The van der Waals surface area contributed by atoms with Gasteiger partial charge >= 0.3 is 0 Å². The number of aryl methyl sites for hydroxylation is 1. The minimum Gasteiger partial charge on any atom is -0.493 e. The van der Waals surface area contributed by atoms with Crippen LogP contribution in [0.15, 0.2) is 12.1 Å². The molecule has 0 saturated carbocycles. The van der Waals surface area contributed by atoms with E-state index in [1.165, 1.54) is 7.11 Å². The van der Waals surface area contributed by atoms with Gasteiger partial charge in [-0.15, -0.1) is 0 Å². The van der Waals surface area contributed by atoms with Crippen LogP contribution in [0.25, 0.3) is 0 Å². The Bertz CT molecular complexity index is 827. The van der Waals surface area contributed by atoms with E-state index in [1.807, 2.05) is 0 Å². The van der Waals surface area contributed by atoms with Crippen LogP contribution in [0.5, 0.6) is 17.2 Å². The number of aromatic nitrogens is 3.